The van der Waals surface area contributed by atoms with Crippen molar-refractivity contribution in [2.75, 3.05) is 11.9 Å². The lowest BCUT2D eigenvalue weighted by atomic mass is 10.2. The van der Waals surface area contributed by atoms with Crippen LogP contribution in [0.3, 0.4) is 0 Å². The fourth-order valence-electron chi connectivity index (χ4n) is 1.95. The van der Waals surface area contributed by atoms with Crippen molar-refractivity contribution in [3.05, 3.63) is 45.8 Å². The fourth-order valence-corrected chi connectivity index (χ4v) is 3.84. The molecule has 0 saturated carbocycles. The van der Waals surface area contributed by atoms with Crippen LogP contribution in [-0.4, -0.2) is 29.7 Å². The quantitative estimate of drug-likeness (QED) is 0.746. The monoisotopic (exact) mass is 417 g/mol. The first-order valence-electron chi connectivity index (χ1n) is 6.87. The highest BCUT2D eigenvalue weighted by Crippen LogP contribution is 2.27. The maximum Gasteiger partial charge on any atom is 0.185 e. The number of benzene rings is 1. The summed E-state index contributed by atoms with van der Waals surface area (Å²) in [5.74, 6) is 1.02. The van der Waals surface area contributed by atoms with Gasteiger partial charge in [0, 0.05) is 17.1 Å². The van der Waals surface area contributed by atoms with E-state index in [0.29, 0.717) is 16.8 Å². The summed E-state index contributed by atoms with van der Waals surface area (Å²) >= 11 is 9.19. The third-order valence-electron chi connectivity index (χ3n) is 3.35. The average Bonchev–Trinajstić information content (AvgIpc) is 2.44. The van der Waals surface area contributed by atoms with Gasteiger partial charge in [0.05, 0.1) is 9.64 Å². The maximum absolute atomic E-state index is 12.8. The highest BCUT2D eigenvalue weighted by atomic mass is 79.9. The number of aryl methyl sites for hydroxylation is 1. The van der Waals surface area contributed by atoms with Gasteiger partial charge in [-0.1, -0.05) is 27.5 Å². The first-order chi connectivity index (χ1) is 10.6. The van der Waals surface area contributed by atoms with Gasteiger partial charge in [-0.25, -0.2) is 18.4 Å². The summed E-state index contributed by atoms with van der Waals surface area (Å²) in [6, 6.07) is 8.17. The van der Waals surface area contributed by atoms with Crippen molar-refractivity contribution >= 4 is 43.2 Å². The van der Waals surface area contributed by atoms with Crippen LogP contribution in [0.25, 0.3) is 0 Å². The first-order valence-corrected chi connectivity index (χ1v) is 9.52. The van der Waals surface area contributed by atoms with Gasteiger partial charge in [-0.3, -0.25) is 0 Å². The molecule has 0 fully saturated rings. The third-order valence-corrected chi connectivity index (χ3v) is 6.57. The molecule has 1 aromatic carbocycles. The molecule has 0 aliphatic carbocycles. The minimum atomic E-state index is -3.51. The summed E-state index contributed by atoms with van der Waals surface area (Å²) in [7, 11) is -3.51. The van der Waals surface area contributed by atoms with Crippen molar-refractivity contribution < 1.29 is 8.42 Å². The summed E-state index contributed by atoms with van der Waals surface area (Å²) in [6.45, 7) is 5.26. The summed E-state index contributed by atoms with van der Waals surface area (Å²) in [6.07, 6.45) is 0. The van der Waals surface area contributed by atoms with E-state index in [4.69, 9.17) is 11.6 Å². The van der Waals surface area contributed by atoms with E-state index in [1.807, 2.05) is 0 Å². The molecule has 23 heavy (non-hydrogen) atoms. The van der Waals surface area contributed by atoms with E-state index in [1.54, 1.807) is 51.1 Å². The molecule has 0 unspecified atom stereocenters. The topological polar surface area (TPSA) is 72.0 Å². The molecule has 1 aromatic heterocycles. The molecule has 0 aliphatic heterocycles. The van der Waals surface area contributed by atoms with E-state index in [2.05, 4.69) is 31.2 Å². The van der Waals surface area contributed by atoms with Crippen molar-refractivity contribution in [2.24, 2.45) is 0 Å². The normalized spacial score (nSPS) is 12.2. The molecule has 124 valence electrons. The molecule has 0 radical (unpaired) electrons. The molecule has 0 atom stereocenters. The Balaban J connectivity index is 2.21. The number of sulfone groups is 1. The molecule has 2 rings (SSSR count). The van der Waals surface area contributed by atoms with Crippen molar-refractivity contribution in [2.45, 2.75) is 30.4 Å². The number of rotatable bonds is 5. The Morgan fingerprint density at radius 1 is 1.22 bits per heavy atom. The minimum Gasteiger partial charge on any atom is -0.368 e. The Kier molecular flexibility index (Phi) is 5.33. The predicted octanol–water partition coefficient (Wildman–Crippen LogP) is 3.87. The zero-order chi connectivity index (χ0) is 17.3. The molecule has 0 bridgehead atoms. The number of nitrogens with zero attached hydrogens (tertiary/aromatic N) is 2. The molecular formula is C15H17BrClN3O2S. The Morgan fingerprint density at radius 2 is 1.83 bits per heavy atom. The lowest BCUT2D eigenvalue weighted by Gasteiger charge is -2.25. The molecule has 1 N–H and O–H groups in total. The van der Waals surface area contributed by atoms with Gasteiger partial charge in [-0.15, -0.1) is 0 Å². The predicted molar refractivity (Wildman–Crippen MR) is 95.7 cm³/mol. The number of anilines is 1. The lowest BCUT2D eigenvalue weighted by Crippen LogP contribution is -2.39. The van der Waals surface area contributed by atoms with Crippen LogP contribution in [0.1, 0.15) is 19.7 Å². The van der Waals surface area contributed by atoms with Crippen LogP contribution in [0.4, 0.5) is 5.82 Å². The molecule has 0 saturated heterocycles. The van der Waals surface area contributed by atoms with E-state index < -0.39 is 14.6 Å². The number of halogens is 2. The molecule has 0 aliphatic rings. The molecular weight excluding hydrogens is 402 g/mol. The zero-order valence-electron chi connectivity index (χ0n) is 13.0. The number of hydrogen-bond acceptors (Lipinski definition) is 5. The Morgan fingerprint density at radius 3 is 2.39 bits per heavy atom. The Hall–Kier alpha value is -1.18. The Bertz CT molecular complexity index is 788. The van der Waals surface area contributed by atoms with Crippen LogP contribution in [0, 0.1) is 6.92 Å². The smallest absolute Gasteiger partial charge is 0.185 e. The molecule has 0 spiro atoms. The minimum absolute atomic E-state index is 0.193. The molecule has 1 heterocycles. The number of hydrogen-bond donors (Lipinski definition) is 1. The van der Waals surface area contributed by atoms with Gasteiger partial charge in [0.25, 0.3) is 0 Å². The van der Waals surface area contributed by atoms with E-state index in [1.165, 1.54) is 0 Å². The second-order valence-electron chi connectivity index (χ2n) is 5.69. The third kappa shape index (κ3) is 4.22. The standard InChI is InChI=1S/C15H17BrClN3O2S/c1-10-19-13(17)8-14(20-10)18-9-15(2,3)23(21,22)12-6-4-11(16)5-7-12/h4-8H,9H2,1-3H3,(H,18,19,20). The largest absolute Gasteiger partial charge is 0.368 e. The molecule has 2 aromatic rings. The summed E-state index contributed by atoms with van der Waals surface area (Å²) in [4.78, 5) is 8.45. The fraction of sp³-hybridized carbons (Fsp3) is 0.333. The van der Waals surface area contributed by atoms with Gasteiger partial charge in [0.1, 0.15) is 16.8 Å². The van der Waals surface area contributed by atoms with Crippen LogP contribution in [-0.2, 0) is 9.84 Å². The first kappa shape index (κ1) is 18.2. The van der Waals surface area contributed by atoms with Crippen LogP contribution >= 0.6 is 27.5 Å². The SMILES string of the molecule is Cc1nc(Cl)cc(NCC(C)(C)S(=O)(=O)c2ccc(Br)cc2)n1. The zero-order valence-corrected chi connectivity index (χ0v) is 16.1. The van der Waals surface area contributed by atoms with Crippen molar-refractivity contribution in [1.29, 1.82) is 0 Å². The molecule has 5 nitrogen and oxygen atoms in total. The summed E-state index contributed by atoms with van der Waals surface area (Å²) in [5, 5.41) is 3.34. The van der Waals surface area contributed by atoms with Gasteiger partial charge in [0.2, 0.25) is 0 Å². The van der Waals surface area contributed by atoms with Crippen LogP contribution < -0.4 is 5.32 Å². The number of nitrogens with one attached hydrogen (secondary N) is 1. The van der Waals surface area contributed by atoms with Gasteiger partial charge < -0.3 is 5.32 Å². The molecule has 0 amide bonds. The highest BCUT2D eigenvalue weighted by molar-refractivity contribution is 9.10. The van der Waals surface area contributed by atoms with E-state index in [9.17, 15) is 8.42 Å². The number of aromatic nitrogens is 2. The average molecular weight is 419 g/mol. The second kappa shape index (κ2) is 6.75. The summed E-state index contributed by atoms with van der Waals surface area (Å²) in [5.41, 5.74) is 0. The Labute approximate surface area is 149 Å². The van der Waals surface area contributed by atoms with Crippen LogP contribution in [0.2, 0.25) is 5.15 Å². The van der Waals surface area contributed by atoms with Gasteiger partial charge in [0.15, 0.2) is 9.84 Å². The van der Waals surface area contributed by atoms with Gasteiger partial charge in [-0.05, 0) is 45.0 Å². The van der Waals surface area contributed by atoms with Crippen molar-refractivity contribution in [3.8, 4) is 0 Å². The van der Waals surface area contributed by atoms with Crippen LogP contribution in [0.15, 0.2) is 39.7 Å². The van der Waals surface area contributed by atoms with E-state index in [0.717, 1.165) is 4.47 Å². The summed E-state index contributed by atoms with van der Waals surface area (Å²) < 4.78 is 25.4. The van der Waals surface area contributed by atoms with Crippen molar-refractivity contribution in [1.82, 2.24) is 9.97 Å². The molecule has 8 heteroatoms. The van der Waals surface area contributed by atoms with Crippen LogP contribution in [0.5, 0.6) is 0 Å². The lowest BCUT2D eigenvalue weighted by molar-refractivity contribution is 0.553. The van der Waals surface area contributed by atoms with E-state index in [-0.39, 0.29) is 11.4 Å². The van der Waals surface area contributed by atoms with Gasteiger partial charge >= 0.3 is 0 Å². The van der Waals surface area contributed by atoms with E-state index >= 15 is 0 Å². The maximum atomic E-state index is 12.8. The second-order valence-corrected chi connectivity index (χ2v) is 9.58. The van der Waals surface area contributed by atoms with Gasteiger partial charge in [-0.2, -0.15) is 0 Å². The highest BCUT2D eigenvalue weighted by Gasteiger charge is 2.35. The van der Waals surface area contributed by atoms with Crippen molar-refractivity contribution in [3.63, 3.8) is 0 Å².